The minimum absolute atomic E-state index is 0.239. The molecular weight excluding hydrogens is 308 g/mol. The van der Waals surface area contributed by atoms with Gasteiger partial charge in [-0.15, -0.1) is 0 Å². The van der Waals surface area contributed by atoms with Crippen LogP contribution in [0.4, 0.5) is 5.69 Å². The van der Waals surface area contributed by atoms with Crippen molar-refractivity contribution in [2.24, 2.45) is 5.73 Å². The second-order valence-electron chi connectivity index (χ2n) is 6.82. The van der Waals surface area contributed by atoms with Gasteiger partial charge in [0.2, 0.25) is 5.91 Å². The van der Waals surface area contributed by atoms with Gasteiger partial charge in [0.15, 0.2) is 0 Å². The van der Waals surface area contributed by atoms with Crippen LogP contribution in [-0.2, 0) is 17.8 Å². The molecule has 1 heterocycles. The molecule has 0 spiro atoms. The fourth-order valence-electron chi connectivity index (χ4n) is 3.72. The van der Waals surface area contributed by atoms with Crippen LogP contribution in [-0.4, -0.2) is 12.5 Å². The van der Waals surface area contributed by atoms with E-state index in [1.54, 1.807) is 0 Å². The summed E-state index contributed by atoms with van der Waals surface area (Å²) < 4.78 is 0. The van der Waals surface area contributed by atoms with Crippen LogP contribution in [0.3, 0.4) is 0 Å². The molecule has 0 saturated carbocycles. The summed E-state index contributed by atoms with van der Waals surface area (Å²) >= 11 is 0. The van der Waals surface area contributed by atoms with Gasteiger partial charge >= 0.3 is 0 Å². The number of amides is 1. The lowest BCUT2D eigenvalue weighted by Crippen LogP contribution is -2.20. The molecule has 3 aromatic carbocycles. The Hall–Kier alpha value is -2.81. The number of anilines is 1. The maximum absolute atomic E-state index is 11.4. The molecule has 3 heteroatoms. The third-order valence-electron chi connectivity index (χ3n) is 5.26. The van der Waals surface area contributed by atoms with E-state index in [1.165, 1.54) is 27.6 Å². The zero-order chi connectivity index (χ0) is 17.4. The molecule has 0 aliphatic carbocycles. The van der Waals surface area contributed by atoms with Gasteiger partial charge in [-0.3, -0.25) is 4.79 Å². The van der Waals surface area contributed by atoms with Gasteiger partial charge in [0.05, 0.1) is 5.92 Å². The molecule has 0 bridgehead atoms. The largest absolute Gasteiger partial charge is 0.369 e. The molecule has 1 aliphatic rings. The van der Waals surface area contributed by atoms with Crippen molar-refractivity contribution in [3.63, 3.8) is 0 Å². The average molecular weight is 330 g/mol. The normalized spacial score (nSPS) is 14.5. The molecule has 126 valence electrons. The third kappa shape index (κ3) is 2.86. The summed E-state index contributed by atoms with van der Waals surface area (Å²) in [6.07, 6.45) is 1.01. The van der Waals surface area contributed by atoms with Gasteiger partial charge in [0, 0.05) is 18.8 Å². The van der Waals surface area contributed by atoms with Crippen molar-refractivity contribution in [3.05, 3.63) is 77.4 Å². The summed E-state index contributed by atoms with van der Waals surface area (Å²) in [5.74, 6) is -0.511. The molecule has 0 saturated heterocycles. The van der Waals surface area contributed by atoms with Crippen molar-refractivity contribution in [3.8, 4) is 0 Å². The van der Waals surface area contributed by atoms with E-state index in [0.29, 0.717) is 0 Å². The van der Waals surface area contributed by atoms with Crippen molar-refractivity contribution >= 4 is 22.4 Å². The van der Waals surface area contributed by atoms with Crippen LogP contribution in [0.1, 0.15) is 29.5 Å². The molecule has 1 unspecified atom stereocenters. The van der Waals surface area contributed by atoms with Crippen LogP contribution in [0.25, 0.3) is 10.8 Å². The number of nitrogens with zero attached hydrogens (tertiary/aromatic N) is 1. The van der Waals surface area contributed by atoms with Gasteiger partial charge in [-0.1, -0.05) is 54.6 Å². The average Bonchev–Trinajstić information content (AvgIpc) is 3.03. The summed E-state index contributed by atoms with van der Waals surface area (Å²) in [6, 6.07) is 21.4. The summed E-state index contributed by atoms with van der Waals surface area (Å²) in [5.41, 5.74) is 10.4. The number of primary amides is 1. The molecule has 1 aliphatic heterocycles. The number of carbonyl (C=O) groups excluding carboxylic acids is 1. The Kier molecular flexibility index (Phi) is 3.92. The van der Waals surface area contributed by atoms with Crippen LogP contribution in [0, 0.1) is 0 Å². The van der Waals surface area contributed by atoms with Gasteiger partial charge in [-0.25, -0.2) is 0 Å². The summed E-state index contributed by atoms with van der Waals surface area (Å²) in [7, 11) is 0. The topological polar surface area (TPSA) is 46.3 Å². The molecular formula is C22H22N2O. The fraction of sp³-hybridized carbons (Fsp3) is 0.227. The van der Waals surface area contributed by atoms with E-state index in [9.17, 15) is 4.79 Å². The standard InChI is InChI=1S/C22H22N2O/c1-15(22(23)25)17-9-10-21-18(13-17)11-12-24(21)14-19-7-4-6-16-5-2-3-8-20(16)19/h2-10,13,15H,11-12,14H2,1H3,(H2,23,25). The number of hydrogen-bond donors (Lipinski definition) is 1. The Bertz CT molecular complexity index is 942. The Morgan fingerprint density at radius 1 is 1.12 bits per heavy atom. The van der Waals surface area contributed by atoms with Crippen molar-refractivity contribution in [2.45, 2.75) is 25.8 Å². The number of carbonyl (C=O) groups is 1. The van der Waals surface area contributed by atoms with Gasteiger partial charge in [0.1, 0.15) is 0 Å². The molecule has 2 N–H and O–H groups in total. The smallest absolute Gasteiger partial charge is 0.224 e. The monoisotopic (exact) mass is 330 g/mol. The Morgan fingerprint density at radius 2 is 1.92 bits per heavy atom. The first kappa shape index (κ1) is 15.7. The lowest BCUT2D eigenvalue weighted by Gasteiger charge is -2.21. The van der Waals surface area contributed by atoms with Crippen molar-refractivity contribution in [1.82, 2.24) is 0 Å². The van der Waals surface area contributed by atoms with Gasteiger partial charge in [-0.2, -0.15) is 0 Å². The lowest BCUT2D eigenvalue weighted by molar-refractivity contribution is -0.119. The van der Waals surface area contributed by atoms with Gasteiger partial charge < -0.3 is 10.6 Å². The van der Waals surface area contributed by atoms with Crippen LogP contribution < -0.4 is 10.6 Å². The third-order valence-corrected chi connectivity index (χ3v) is 5.26. The van der Waals surface area contributed by atoms with Crippen molar-refractivity contribution in [2.75, 3.05) is 11.4 Å². The molecule has 3 aromatic rings. The highest BCUT2D eigenvalue weighted by Crippen LogP contribution is 2.33. The SMILES string of the molecule is CC(C(N)=O)c1ccc2c(c1)CCN2Cc1cccc2ccccc12. The van der Waals surface area contributed by atoms with E-state index in [1.807, 2.05) is 13.0 Å². The molecule has 1 amide bonds. The highest BCUT2D eigenvalue weighted by Gasteiger charge is 2.22. The molecule has 25 heavy (non-hydrogen) atoms. The van der Waals surface area contributed by atoms with E-state index < -0.39 is 0 Å². The Labute approximate surface area is 148 Å². The summed E-state index contributed by atoms with van der Waals surface area (Å²) in [6.45, 7) is 3.78. The lowest BCUT2D eigenvalue weighted by atomic mass is 9.97. The van der Waals surface area contributed by atoms with E-state index in [2.05, 4.69) is 59.5 Å². The van der Waals surface area contributed by atoms with Crippen LogP contribution in [0.15, 0.2) is 60.7 Å². The Morgan fingerprint density at radius 3 is 2.76 bits per heavy atom. The minimum atomic E-state index is -0.273. The maximum atomic E-state index is 11.4. The summed E-state index contributed by atoms with van der Waals surface area (Å²) in [5, 5.41) is 2.60. The van der Waals surface area contributed by atoms with Gasteiger partial charge in [0.25, 0.3) is 0 Å². The number of rotatable bonds is 4. The molecule has 1 atom stereocenters. The highest BCUT2D eigenvalue weighted by molar-refractivity contribution is 5.86. The first-order chi connectivity index (χ1) is 12.1. The number of nitrogens with two attached hydrogens (primary N) is 1. The maximum Gasteiger partial charge on any atom is 0.224 e. The zero-order valence-electron chi connectivity index (χ0n) is 14.4. The quantitative estimate of drug-likeness (QED) is 0.786. The number of benzene rings is 3. The van der Waals surface area contributed by atoms with Crippen LogP contribution in [0.5, 0.6) is 0 Å². The first-order valence-corrected chi connectivity index (χ1v) is 8.77. The van der Waals surface area contributed by atoms with Crippen LogP contribution >= 0.6 is 0 Å². The molecule has 4 rings (SSSR count). The number of hydrogen-bond acceptors (Lipinski definition) is 2. The van der Waals surface area contributed by atoms with E-state index in [-0.39, 0.29) is 11.8 Å². The number of fused-ring (bicyclic) bond motifs is 2. The fourth-order valence-corrected chi connectivity index (χ4v) is 3.72. The van der Waals surface area contributed by atoms with E-state index in [4.69, 9.17) is 5.73 Å². The molecule has 0 aromatic heterocycles. The first-order valence-electron chi connectivity index (χ1n) is 8.77. The van der Waals surface area contributed by atoms with Gasteiger partial charge in [-0.05, 0) is 46.9 Å². The second-order valence-corrected chi connectivity index (χ2v) is 6.82. The van der Waals surface area contributed by atoms with E-state index in [0.717, 1.165) is 25.1 Å². The van der Waals surface area contributed by atoms with Crippen LogP contribution in [0.2, 0.25) is 0 Å². The molecule has 0 fully saturated rings. The predicted octanol–water partition coefficient (Wildman–Crippen LogP) is 3.99. The Balaban J connectivity index is 1.63. The highest BCUT2D eigenvalue weighted by atomic mass is 16.1. The molecule has 0 radical (unpaired) electrons. The summed E-state index contributed by atoms with van der Waals surface area (Å²) in [4.78, 5) is 13.9. The predicted molar refractivity (Wildman–Crippen MR) is 103 cm³/mol. The van der Waals surface area contributed by atoms with Crippen molar-refractivity contribution < 1.29 is 4.79 Å². The van der Waals surface area contributed by atoms with E-state index >= 15 is 0 Å². The molecule has 3 nitrogen and oxygen atoms in total. The zero-order valence-corrected chi connectivity index (χ0v) is 14.4. The second kappa shape index (κ2) is 6.25. The van der Waals surface area contributed by atoms with Crippen molar-refractivity contribution in [1.29, 1.82) is 0 Å². The minimum Gasteiger partial charge on any atom is -0.369 e.